The number of aliphatic hydroxyl groups excluding tert-OH is 1. The number of morpholine rings is 1. The zero-order valence-corrected chi connectivity index (χ0v) is 15.8. The second-order valence-electron chi connectivity index (χ2n) is 8.08. The lowest BCUT2D eigenvalue weighted by atomic mass is 9.86. The number of piperidine rings is 1. The van der Waals surface area contributed by atoms with Crippen LogP contribution < -0.4 is 0 Å². The van der Waals surface area contributed by atoms with Crippen LogP contribution in [0.3, 0.4) is 0 Å². The summed E-state index contributed by atoms with van der Waals surface area (Å²) in [5.74, 6) is 0.318. The Morgan fingerprint density at radius 3 is 2.14 bits per heavy atom. The van der Waals surface area contributed by atoms with Crippen LogP contribution in [-0.4, -0.2) is 54.6 Å². The van der Waals surface area contributed by atoms with Crippen LogP contribution in [0, 0.1) is 5.92 Å². The Kier molecular flexibility index (Phi) is 4.57. The average molecular weight is 379 g/mol. The van der Waals surface area contributed by atoms with Gasteiger partial charge < -0.3 is 14.6 Å². The molecule has 2 heterocycles. The van der Waals surface area contributed by atoms with Crippen molar-refractivity contribution >= 4 is 6.09 Å². The predicted molar refractivity (Wildman–Crippen MR) is 105 cm³/mol. The Morgan fingerprint density at radius 1 is 1.00 bits per heavy atom. The summed E-state index contributed by atoms with van der Waals surface area (Å²) < 4.78 is 11.5. The fraction of sp³-hybridized carbons (Fsp3) is 0.435. The molecular formula is C23H25NO4. The summed E-state index contributed by atoms with van der Waals surface area (Å²) in [5.41, 5.74) is 4.90. The Labute approximate surface area is 164 Å². The first-order valence-electron chi connectivity index (χ1n) is 10.1. The highest BCUT2D eigenvalue weighted by Crippen LogP contribution is 2.44. The van der Waals surface area contributed by atoms with Crippen LogP contribution in [0.2, 0.25) is 0 Å². The van der Waals surface area contributed by atoms with E-state index in [9.17, 15) is 9.90 Å². The summed E-state index contributed by atoms with van der Waals surface area (Å²) in [5, 5.41) is 9.53. The van der Waals surface area contributed by atoms with E-state index in [0.29, 0.717) is 19.8 Å². The third kappa shape index (κ3) is 2.90. The molecule has 1 N–H and O–H groups in total. The van der Waals surface area contributed by atoms with Crippen molar-refractivity contribution in [3.05, 3.63) is 59.7 Å². The van der Waals surface area contributed by atoms with Crippen LogP contribution in [0.1, 0.15) is 29.9 Å². The lowest BCUT2D eigenvalue weighted by Crippen LogP contribution is -2.59. The second-order valence-corrected chi connectivity index (χ2v) is 8.08. The molecule has 0 aromatic heterocycles. The van der Waals surface area contributed by atoms with Crippen molar-refractivity contribution < 1.29 is 19.4 Å². The van der Waals surface area contributed by atoms with E-state index in [1.54, 1.807) is 0 Å². The van der Waals surface area contributed by atoms with Gasteiger partial charge in [0.05, 0.1) is 25.3 Å². The molecule has 5 heteroatoms. The van der Waals surface area contributed by atoms with Crippen molar-refractivity contribution in [3.8, 4) is 11.1 Å². The molecule has 5 rings (SSSR count). The molecule has 5 nitrogen and oxygen atoms in total. The van der Waals surface area contributed by atoms with Gasteiger partial charge in [-0.15, -0.1) is 0 Å². The molecule has 2 aromatic rings. The van der Waals surface area contributed by atoms with Gasteiger partial charge in [0, 0.05) is 12.5 Å². The van der Waals surface area contributed by atoms with Crippen LogP contribution in [0.5, 0.6) is 0 Å². The van der Waals surface area contributed by atoms with Gasteiger partial charge in [-0.2, -0.15) is 0 Å². The van der Waals surface area contributed by atoms with Gasteiger partial charge in [0.2, 0.25) is 0 Å². The number of hydrogen-bond donors (Lipinski definition) is 1. The maximum absolute atomic E-state index is 13.0. The normalized spacial score (nSPS) is 25.9. The number of rotatable bonds is 3. The first-order valence-corrected chi connectivity index (χ1v) is 10.1. The Morgan fingerprint density at radius 2 is 1.57 bits per heavy atom. The number of benzene rings is 2. The highest BCUT2D eigenvalue weighted by Gasteiger charge is 2.42. The molecule has 0 saturated carbocycles. The SMILES string of the molecule is O=C(OCC1c2ccccc2-c2ccccc21)N1C2COCC1CC(CO)C2. The Bertz CT molecular complexity index is 823. The van der Waals surface area contributed by atoms with Gasteiger partial charge in [-0.1, -0.05) is 48.5 Å². The van der Waals surface area contributed by atoms with Crippen molar-refractivity contribution in [2.24, 2.45) is 5.92 Å². The predicted octanol–water partition coefficient (Wildman–Crippen LogP) is 3.41. The van der Waals surface area contributed by atoms with E-state index in [0.717, 1.165) is 12.8 Å². The van der Waals surface area contributed by atoms with Gasteiger partial charge in [-0.3, -0.25) is 4.90 Å². The molecule has 0 radical (unpaired) electrons. The van der Waals surface area contributed by atoms with Gasteiger partial charge in [0.25, 0.3) is 0 Å². The van der Waals surface area contributed by atoms with Gasteiger partial charge in [0.15, 0.2) is 0 Å². The van der Waals surface area contributed by atoms with Gasteiger partial charge in [0.1, 0.15) is 6.61 Å². The second kappa shape index (κ2) is 7.22. The summed E-state index contributed by atoms with van der Waals surface area (Å²) >= 11 is 0. The Hall–Kier alpha value is -2.37. The van der Waals surface area contributed by atoms with Crippen LogP contribution in [0.15, 0.2) is 48.5 Å². The average Bonchev–Trinajstić information content (AvgIpc) is 3.05. The summed E-state index contributed by atoms with van der Waals surface area (Å²) in [6.07, 6.45) is 1.30. The molecule has 2 unspecified atom stereocenters. The number of hydrogen-bond acceptors (Lipinski definition) is 4. The maximum atomic E-state index is 13.0. The van der Waals surface area contributed by atoms with Crippen molar-refractivity contribution in [2.75, 3.05) is 26.4 Å². The quantitative estimate of drug-likeness (QED) is 0.888. The molecule has 2 bridgehead atoms. The Balaban J connectivity index is 1.33. The minimum atomic E-state index is -0.253. The third-order valence-corrected chi connectivity index (χ3v) is 6.42. The third-order valence-electron chi connectivity index (χ3n) is 6.42. The summed E-state index contributed by atoms with van der Waals surface area (Å²) in [7, 11) is 0. The molecule has 2 aromatic carbocycles. The maximum Gasteiger partial charge on any atom is 0.410 e. The number of amides is 1. The van der Waals surface area contributed by atoms with Crippen molar-refractivity contribution in [2.45, 2.75) is 30.8 Å². The van der Waals surface area contributed by atoms with Crippen molar-refractivity contribution in [1.29, 1.82) is 0 Å². The van der Waals surface area contributed by atoms with E-state index < -0.39 is 0 Å². The fourth-order valence-corrected chi connectivity index (χ4v) is 5.14. The minimum absolute atomic E-state index is 0.000278. The molecule has 28 heavy (non-hydrogen) atoms. The van der Waals surface area contributed by atoms with Gasteiger partial charge in [-0.05, 0) is 41.0 Å². The largest absolute Gasteiger partial charge is 0.448 e. The fourth-order valence-electron chi connectivity index (χ4n) is 5.14. The molecule has 0 spiro atoms. The van der Waals surface area contributed by atoms with E-state index in [1.807, 2.05) is 17.0 Å². The van der Waals surface area contributed by atoms with Gasteiger partial charge >= 0.3 is 6.09 Å². The highest BCUT2D eigenvalue weighted by molar-refractivity contribution is 5.79. The van der Waals surface area contributed by atoms with E-state index in [2.05, 4.69) is 36.4 Å². The smallest absolute Gasteiger partial charge is 0.410 e. The van der Waals surface area contributed by atoms with Crippen molar-refractivity contribution in [1.82, 2.24) is 4.90 Å². The number of nitrogens with zero attached hydrogens (tertiary/aromatic N) is 1. The number of carbonyl (C=O) groups excluding carboxylic acids is 1. The molecule has 3 aliphatic rings. The van der Waals surface area contributed by atoms with Crippen molar-refractivity contribution in [3.63, 3.8) is 0 Å². The minimum Gasteiger partial charge on any atom is -0.448 e. The molecular weight excluding hydrogens is 354 g/mol. The summed E-state index contributed by atoms with van der Waals surface area (Å²) in [6.45, 7) is 1.56. The molecule has 2 aliphatic heterocycles. The van der Waals surface area contributed by atoms with Crippen LogP contribution in [0.4, 0.5) is 4.79 Å². The number of aliphatic hydroxyl groups is 1. The molecule has 1 aliphatic carbocycles. The van der Waals surface area contributed by atoms with Gasteiger partial charge in [-0.25, -0.2) is 4.79 Å². The standard InChI is InChI=1S/C23H25NO4/c25-11-15-9-16-12-27-13-17(10-15)24(16)23(26)28-14-22-20-7-3-1-5-18(20)19-6-2-4-8-21(19)22/h1-8,15-17,22,25H,9-14H2. The van der Waals surface area contributed by atoms with Crippen LogP contribution in [0.25, 0.3) is 11.1 Å². The van der Waals surface area contributed by atoms with Crippen LogP contribution in [-0.2, 0) is 9.47 Å². The highest BCUT2D eigenvalue weighted by atomic mass is 16.6. The molecule has 1 amide bonds. The van der Waals surface area contributed by atoms with E-state index in [4.69, 9.17) is 9.47 Å². The number of fused-ring (bicyclic) bond motifs is 5. The lowest BCUT2D eigenvalue weighted by Gasteiger charge is -2.47. The zero-order chi connectivity index (χ0) is 19.1. The van der Waals surface area contributed by atoms with Crippen LogP contribution >= 0.6 is 0 Å². The molecule has 2 atom stereocenters. The zero-order valence-electron chi connectivity index (χ0n) is 15.8. The van der Waals surface area contributed by atoms with E-state index >= 15 is 0 Å². The summed E-state index contributed by atoms with van der Waals surface area (Å²) in [4.78, 5) is 14.8. The number of carbonyl (C=O) groups is 1. The van der Waals surface area contributed by atoms with E-state index in [-0.39, 0.29) is 36.6 Å². The molecule has 2 fully saturated rings. The first-order chi connectivity index (χ1) is 13.8. The monoisotopic (exact) mass is 379 g/mol. The summed E-state index contributed by atoms with van der Waals surface area (Å²) in [6, 6.07) is 16.7. The molecule has 146 valence electrons. The lowest BCUT2D eigenvalue weighted by molar-refractivity contribution is -0.0837. The van der Waals surface area contributed by atoms with E-state index in [1.165, 1.54) is 22.3 Å². The first kappa shape index (κ1) is 17.7. The molecule has 2 saturated heterocycles. The number of ether oxygens (including phenoxy) is 2. The topological polar surface area (TPSA) is 59.0 Å².